The van der Waals surface area contributed by atoms with E-state index in [4.69, 9.17) is 17.3 Å². The molecular formula is C66H46Au2OP2+2. The van der Waals surface area contributed by atoms with Crippen molar-refractivity contribution in [3.63, 3.8) is 0 Å². The van der Waals surface area contributed by atoms with Crippen molar-refractivity contribution in [2.24, 2.45) is 0 Å². The van der Waals surface area contributed by atoms with E-state index >= 15 is 0 Å². The third kappa shape index (κ3) is 10.3. The first kappa shape index (κ1) is 49.4. The fraction of sp³-hybridized carbons (Fsp3) is 0.0303. The molecule has 10 aromatic carbocycles. The normalized spacial score (nSPS) is 11.3. The number of para-hydroxylation sites is 1. The Morgan fingerprint density at radius 1 is 0.324 bits per heavy atom. The van der Waals surface area contributed by atoms with Gasteiger partial charge in [-0.2, -0.15) is 0 Å². The zero-order valence-electron chi connectivity index (χ0n) is 38.5. The van der Waals surface area contributed by atoms with Crippen LogP contribution in [0.1, 0.15) is 33.4 Å². The summed E-state index contributed by atoms with van der Waals surface area (Å²) >= 11 is 0. The maximum atomic E-state index is 7.14. The van der Waals surface area contributed by atoms with Crippen molar-refractivity contribution in [2.75, 3.05) is 0 Å². The molecule has 5 heteroatoms. The van der Waals surface area contributed by atoms with Gasteiger partial charge in [0, 0.05) is 16.8 Å². The van der Waals surface area contributed by atoms with E-state index in [-0.39, 0.29) is 44.8 Å². The predicted molar refractivity (Wildman–Crippen MR) is 296 cm³/mol. The molecule has 0 spiro atoms. The van der Waals surface area contributed by atoms with E-state index in [9.17, 15) is 0 Å². The van der Waals surface area contributed by atoms with Gasteiger partial charge in [-0.05, 0) is 118 Å². The second kappa shape index (κ2) is 22.7. The molecule has 0 amide bonds. The smallest absolute Gasteiger partial charge is 0.456 e. The van der Waals surface area contributed by atoms with Crippen LogP contribution in [0.2, 0.25) is 0 Å². The summed E-state index contributed by atoms with van der Waals surface area (Å²) in [5.41, 5.74) is 14.2. The third-order valence-electron chi connectivity index (χ3n) is 13.2. The zero-order valence-corrected chi connectivity index (χ0v) is 44.9. The maximum absolute atomic E-state index is 7.14. The van der Waals surface area contributed by atoms with Crippen LogP contribution < -0.4 is 31.8 Å². The fourth-order valence-corrected chi connectivity index (χ4v) is 16.0. The van der Waals surface area contributed by atoms with Crippen LogP contribution in [0.4, 0.5) is 0 Å². The Hall–Kier alpha value is -6.54. The Bertz CT molecular complexity index is 3520. The first-order chi connectivity index (χ1) is 34.1. The van der Waals surface area contributed by atoms with E-state index in [0.29, 0.717) is 0 Å². The number of hydrogen-bond donors (Lipinski definition) is 0. The van der Waals surface area contributed by atoms with E-state index in [2.05, 4.69) is 230 Å². The minimum Gasteiger partial charge on any atom is -0.456 e. The molecule has 0 aliphatic heterocycles. The first-order valence-corrected chi connectivity index (χ1v) is 26.3. The van der Waals surface area contributed by atoms with Crippen molar-refractivity contribution in [1.82, 2.24) is 0 Å². The summed E-state index contributed by atoms with van der Waals surface area (Å²) in [6, 6.07) is 86.6. The van der Waals surface area contributed by atoms with Crippen molar-refractivity contribution in [1.29, 1.82) is 0 Å². The van der Waals surface area contributed by atoms with Gasteiger partial charge in [0.2, 0.25) is 0 Å². The maximum Gasteiger partial charge on any atom is 1.00 e. The number of benzene rings is 10. The second-order valence-corrected chi connectivity index (χ2v) is 22.3. The predicted octanol–water partition coefficient (Wildman–Crippen LogP) is 13.0. The first-order valence-electron chi connectivity index (χ1n) is 23.3. The summed E-state index contributed by atoms with van der Waals surface area (Å²) in [7, 11) is -2.65. The summed E-state index contributed by atoms with van der Waals surface area (Å²) in [5.74, 6) is 4.87. The molecular weight excluding hydrogens is 1260 g/mol. The summed E-state index contributed by atoms with van der Waals surface area (Å²) in [5, 5.41) is 10.8. The van der Waals surface area contributed by atoms with Gasteiger partial charge in [0.05, 0.1) is 0 Å². The Labute approximate surface area is 451 Å². The van der Waals surface area contributed by atoms with Crippen LogP contribution in [0.25, 0.3) is 44.2 Å². The molecule has 0 saturated heterocycles. The number of hydrogen-bond acceptors (Lipinski definition) is 1. The molecule has 1 aromatic heterocycles. The minimum atomic E-state index is -1.33. The van der Waals surface area contributed by atoms with E-state index in [1.807, 2.05) is 24.3 Å². The Morgan fingerprint density at radius 3 is 1.13 bits per heavy atom. The van der Waals surface area contributed by atoms with Crippen molar-refractivity contribution >= 4 is 69.6 Å². The number of furan rings is 1. The van der Waals surface area contributed by atoms with Crippen LogP contribution in [0.3, 0.4) is 0 Å². The minimum absolute atomic E-state index is 0. The molecule has 11 aromatic rings. The number of fused-ring (bicyclic) bond motifs is 9. The molecule has 0 unspecified atom stereocenters. The average Bonchev–Trinajstić information content (AvgIpc) is 4.11. The fourth-order valence-electron chi connectivity index (χ4n) is 9.96. The van der Waals surface area contributed by atoms with Gasteiger partial charge in [0.25, 0.3) is 0 Å². The molecule has 13 rings (SSSR count). The van der Waals surface area contributed by atoms with Gasteiger partial charge in [0.1, 0.15) is 58.8 Å². The van der Waals surface area contributed by atoms with Gasteiger partial charge in [-0.3, -0.25) is 11.8 Å². The van der Waals surface area contributed by atoms with Crippen LogP contribution in [-0.2, 0) is 57.6 Å². The Morgan fingerprint density at radius 2 is 0.690 bits per heavy atom. The quantitative estimate of drug-likeness (QED) is 0.0700. The van der Waals surface area contributed by atoms with Gasteiger partial charge in [-0.15, -0.1) is 35.4 Å². The number of rotatable bonds is 6. The zero-order chi connectivity index (χ0) is 46.5. The van der Waals surface area contributed by atoms with Crippen LogP contribution in [-0.4, -0.2) is 0 Å². The summed E-state index contributed by atoms with van der Waals surface area (Å²) in [6.07, 6.45) is 16.3. The molecule has 71 heavy (non-hydrogen) atoms. The van der Waals surface area contributed by atoms with Crippen LogP contribution in [0, 0.1) is 24.7 Å². The van der Waals surface area contributed by atoms with Crippen molar-refractivity contribution in [3.05, 3.63) is 289 Å². The Kier molecular flexibility index (Phi) is 15.8. The Balaban J connectivity index is 0.000000159. The molecule has 0 bridgehead atoms. The largest absolute Gasteiger partial charge is 1.00 e. The van der Waals surface area contributed by atoms with E-state index in [0.717, 1.165) is 35.1 Å². The molecule has 0 N–H and O–H groups in total. The summed E-state index contributed by atoms with van der Waals surface area (Å²) in [6.45, 7) is 0. The molecule has 0 fully saturated rings. The average molecular weight is 1310 g/mol. The standard InChI is InChI=1S/C36H26OP2.2C15H9.2Au/c1-5-15-27(16-6-1)38(28-17-7-2-8-18-28)35-25-32-31-23-13-14-24-33(31)37-34(32)26-36(35)39(29-19-9-3-10-20-29)30-21-11-4-12-22-30;2*1-2-11-7-8-13-10-12-5-3-4-6-14(12)15(13)9-11;;/h1-26H;2*3-9H,10H2;;/q;2*-1;2*+1/p+2. The third-order valence-corrected chi connectivity index (χ3v) is 19.0. The van der Waals surface area contributed by atoms with E-state index < -0.39 is 15.8 Å². The van der Waals surface area contributed by atoms with E-state index in [1.165, 1.54) is 87.1 Å². The molecule has 1 nitrogen and oxygen atoms in total. The second-order valence-electron chi connectivity index (χ2n) is 17.4. The van der Waals surface area contributed by atoms with Gasteiger partial charge >= 0.3 is 44.8 Å². The molecule has 0 radical (unpaired) electrons. The summed E-state index contributed by atoms with van der Waals surface area (Å²) in [4.78, 5) is 0. The molecule has 2 aliphatic rings. The van der Waals surface area contributed by atoms with Crippen LogP contribution in [0.5, 0.6) is 0 Å². The molecule has 1 heterocycles. The van der Waals surface area contributed by atoms with Gasteiger partial charge < -0.3 is 17.3 Å². The van der Waals surface area contributed by atoms with Gasteiger partial charge in [0.15, 0.2) is 0 Å². The van der Waals surface area contributed by atoms with E-state index in [1.54, 1.807) is 0 Å². The van der Waals surface area contributed by atoms with Crippen LogP contribution >= 0.6 is 15.8 Å². The van der Waals surface area contributed by atoms with Gasteiger partial charge in [-0.25, -0.2) is 0 Å². The van der Waals surface area contributed by atoms with Gasteiger partial charge in [-0.1, -0.05) is 152 Å². The monoisotopic (exact) mass is 1310 g/mol. The molecule has 2 aliphatic carbocycles. The van der Waals surface area contributed by atoms with Crippen molar-refractivity contribution in [2.45, 2.75) is 12.8 Å². The SMILES string of the molecule is [Au+].[Au+].[C-]#Cc1ccc2c(c1)-c1ccccc1C2.[C-]#Cc1ccc2c(c1)-c1ccccc1C2.c1ccc([PH+](c2ccccc2)c2cc3oc4ccccc4c3cc2[PH+](c2ccccc2)c2ccccc2)cc1. The topological polar surface area (TPSA) is 13.1 Å². The van der Waals surface area contributed by atoms with Crippen molar-refractivity contribution < 1.29 is 49.2 Å². The molecule has 0 atom stereocenters. The summed E-state index contributed by atoms with van der Waals surface area (Å²) < 4.78 is 6.49. The molecule has 0 saturated carbocycles. The van der Waals surface area contributed by atoms with Crippen molar-refractivity contribution in [3.8, 4) is 34.1 Å². The molecule has 346 valence electrons. The van der Waals surface area contributed by atoms with Crippen LogP contribution in [0.15, 0.2) is 247 Å².